The molecule has 1 amide bonds. The normalized spacial score (nSPS) is 18.6. The minimum Gasteiger partial charge on any atom is -0.478 e. The molecule has 1 aliphatic heterocycles. The molecular formula is C20H27NO5. The third-order valence-corrected chi connectivity index (χ3v) is 4.62. The number of ether oxygens (including phenoxy) is 1. The SMILES string of the molecule is COCCC[C@H](O)/C=C/[C@H]1CCC(=O)N1CCc1ccc(C(=O)O)cc1. The minimum absolute atomic E-state index is 0.0119. The molecule has 142 valence electrons. The molecule has 2 atom stereocenters. The molecule has 26 heavy (non-hydrogen) atoms. The van der Waals surface area contributed by atoms with Gasteiger partial charge in [0.2, 0.25) is 5.91 Å². The van der Waals surface area contributed by atoms with Crippen molar-refractivity contribution < 1.29 is 24.5 Å². The van der Waals surface area contributed by atoms with E-state index in [2.05, 4.69) is 0 Å². The van der Waals surface area contributed by atoms with Crippen molar-refractivity contribution in [2.24, 2.45) is 0 Å². The van der Waals surface area contributed by atoms with E-state index < -0.39 is 12.1 Å². The Morgan fingerprint density at radius 2 is 2.12 bits per heavy atom. The number of amides is 1. The van der Waals surface area contributed by atoms with E-state index in [-0.39, 0.29) is 17.5 Å². The van der Waals surface area contributed by atoms with Crippen molar-refractivity contribution in [2.75, 3.05) is 20.3 Å². The van der Waals surface area contributed by atoms with E-state index in [1.54, 1.807) is 37.5 Å². The molecule has 1 heterocycles. The van der Waals surface area contributed by atoms with Crippen LogP contribution in [0.4, 0.5) is 0 Å². The second-order valence-corrected chi connectivity index (χ2v) is 6.53. The Balaban J connectivity index is 1.87. The number of aliphatic hydroxyl groups is 1. The van der Waals surface area contributed by atoms with Gasteiger partial charge in [0.1, 0.15) is 0 Å². The van der Waals surface area contributed by atoms with Crippen molar-refractivity contribution in [3.8, 4) is 0 Å². The highest BCUT2D eigenvalue weighted by Gasteiger charge is 2.28. The third-order valence-electron chi connectivity index (χ3n) is 4.62. The molecule has 1 aromatic rings. The molecule has 2 rings (SSSR count). The number of carbonyl (C=O) groups is 2. The molecule has 0 unspecified atom stereocenters. The lowest BCUT2D eigenvalue weighted by molar-refractivity contribution is -0.128. The van der Waals surface area contributed by atoms with Crippen LogP contribution in [-0.2, 0) is 16.0 Å². The number of carboxylic acids is 1. The molecule has 1 aromatic carbocycles. The third kappa shape index (κ3) is 5.97. The van der Waals surface area contributed by atoms with E-state index >= 15 is 0 Å². The summed E-state index contributed by atoms with van der Waals surface area (Å²) in [6.45, 7) is 1.21. The van der Waals surface area contributed by atoms with Crippen LogP contribution in [0.25, 0.3) is 0 Å². The van der Waals surface area contributed by atoms with E-state index in [1.807, 2.05) is 11.0 Å². The summed E-state index contributed by atoms with van der Waals surface area (Å²) in [4.78, 5) is 24.9. The quantitative estimate of drug-likeness (QED) is 0.493. The first-order chi connectivity index (χ1) is 12.5. The summed E-state index contributed by atoms with van der Waals surface area (Å²) >= 11 is 0. The molecule has 2 N–H and O–H groups in total. The van der Waals surface area contributed by atoms with Crippen molar-refractivity contribution in [1.82, 2.24) is 4.90 Å². The number of aliphatic hydroxyl groups excluding tert-OH is 1. The summed E-state index contributed by atoms with van der Waals surface area (Å²) in [6.07, 6.45) is 6.56. The van der Waals surface area contributed by atoms with Gasteiger partial charge in [-0.3, -0.25) is 4.79 Å². The van der Waals surface area contributed by atoms with Gasteiger partial charge in [0.05, 0.1) is 17.7 Å². The molecule has 0 spiro atoms. The highest BCUT2D eigenvalue weighted by molar-refractivity contribution is 5.87. The van der Waals surface area contributed by atoms with E-state index in [1.165, 1.54) is 0 Å². The van der Waals surface area contributed by atoms with Crippen molar-refractivity contribution in [3.63, 3.8) is 0 Å². The zero-order valence-corrected chi connectivity index (χ0v) is 15.1. The number of benzene rings is 1. The van der Waals surface area contributed by atoms with Crippen molar-refractivity contribution in [2.45, 2.75) is 44.2 Å². The second-order valence-electron chi connectivity index (χ2n) is 6.53. The average molecular weight is 361 g/mol. The molecule has 1 saturated heterocycles. The maximum Gasteiger partial charge on any atom is 0.335 e. The number of aromatic carboxylic acids is 1. The number of hydrogen-bond donors (Lipinski definition) is 2. The first kappa shape index (κ1) is 20.1. The van der Waals surface area contributed by atoms with Crippen LogP contribution in [0.5, 0.6) is 0 Å². The Hall–Kier alpha value is -2.18. The van der Waals surface area contributed by atoms with Gasteiger partial charge in [0, 0.05) is 26.7 Å². The predicted molar refractivity (Wildman–Crippen MR) is 98.1 cm³/mol. The highest BCUT2D eigenvalue weighted by Crippen LogP contribution is 2.21. The molecule has 1 fully saturated rings. The predicted octanol–water partition coefficient (Wildman–Crippen LogP) is 2.26. The lowest BCUT2D eigenvalue weighted by Crippen LogP contribution is -2.33. The van der Waals surface area contributed by atoms with Gasteiger partial charge in [0.25, 0.3) is 0 Å². The monoisotopic (exact) mass is 361 g/mol. The summed E-state index contributed by atoms with van der Waals surface area (Å²) in [6, 6.07) is 6.75. The smallest absolute Gasteiger partial charge is 0.335 e. The summed E-state index contributed by atoms with van der Waals surface area (Å²) < 4.78 is 4.98. The summed E-state index contributed by atoms with van der Waals surface area (Å²) in [7, 11) is 1.64. The average Bonchev–Trinajstić information content (AvgIpc) is 2.98. The Kier molecular flexibility index (Phi) is 7.81. The van der Waals surface area contributed by atoms with E-state index in [0.717, 1.165) is 18.4 Å². The number of likely N-dealkylation sites (tertiary alicyclic amines) is 1. The molecular weight excluding hydrogens is 334 g/mol. The largest absolute Gasteiger partial charge is 0.478 e. The maximum atomic E-state index is 12.1. The Morgan fingerprint density at radius 1 is 1.38 bits per heavy atom. The van der Waals surface area contributed by atoms with Gasteiger partial charge >= 0.3 is 5.97 Å². The minimum atomic E-state index is -0.944. The fraction of sp³-hybridized carbons (Fsp3) is 0.500. The number of methoxy groups -OCH3 is 1. The second kappa shape index (κ2) is 10.1. The van der Waals surface area contributed by atoms with Crippen molar-refractivity contribution in [1.29, 1.82) is 0 Å². The van der Waals surface area contributed by atoms with E-state index in [0.29, 0.717) is 32.4 Å². The van der Waals surface area contributed by atoms with Gasteiger partial charge in [-0.1, -0.05) is 24.3 Å². The Bertz CT molecular complexity index is 626. The number of carboxylic acid groups (broad SMARTS) is 1. The molecule has 0 saturated carbocycles. The van der Waals surface area contributed by atoms with Crippen LogP contribution in [-0.4, -0.2) is 59.4 Å². The summed E-state index contributed by atoms with van der Waals surface area (Å²) in [5.41, 5.74) is 1.26. The molecule has 0 aliphatic carbocycles. The fourth-order valence-electron chi connectivity index (χ4n) is 3.10. The van der Waals surface area contributed by atoms with Crippen LogP contribution in [0.1, 0.15) is 41.6 Å². The molecule has 6 heteroatoms. The van der Waals surface area contributed by atoms with Gasteiger partial charge in [0.15, 0.2) is 0 Å². The van der Waals surface area contributed by atoms with Gasteiger partial charge in [-0.05, 0) is 43.4 Å². The zero-order chi connectivity index (χ0) is 18.9. The Labute approximate surface area is 154 Å². The van der Waals surface area contributed by atoms with Gasteiger partial charge in [-0.2, -0.15) is 0 Å². The van der Waals surface area contributed by atoms with Crippen LogP contribution >= 0.6 is 0 Å². The van der Waals surface area contributed by atoms with Crippen molar-refractivity contribution in [3.05, 3.63) is 47.5 Å². The van der Waals surface area contributed by atoms with Crippen molar-refractivity contribution >= 4 is 11.9 Å². The number of hydrogen-bond acceptors (Lipinski definition) is 4. The molecule has 0 aromatic heterocycles. The lowest BCUT2D eigenvalue weighted by Gasteiger charge is -2.22. The fourth-order valence-corrected chi connectivity index (χ4v) is 3.10. The zero-order valence-electron chi connectivity index (χ0n) is 15.1. The number of carbonyl (C=O) groups excluding carboxylic acids is 1. The summed E-state index contributed by atoms with van der Waals surface area (Å²) in [5, 5.41) is 18.9. The summed E-state index contributed by atoms with van der Waals surface area (Å²) in [5.74, 6) is -0.823. The number of rotatable bonds is 10. The first-order valence-electron chi connectivity index (χ1n) is 8.98. The topological polar surface area (TPSA) is 87.1 Å². The maximum absolute atomic E-state index is 12.1. The van der Waals surface area contributed by atoms with Crippen LogP contribution in [0, 0.1) is 0 Å². The van der Waals surface area contributed by atoms with Gasteiger partial charge in [-0.15, -0.1) is 0 Å². The van der Waals surface area contributed by atoms with E-state index in [4.69, 9.17) is 9.84 Å². The van der Waals surface area contributed by atoms with Gasteiger partial charge < -0.3 is 19.8 Å². The van der Waals surface area contributed by atoms with Crippen LogP contribution < -0.4 is 0 Å². The molecule has 1 aliphatic rings. The number of nitrogens with zero attached hydrogens (tertiary/aromatic N) is 1. The van der Waals surface area contributed by atoms with Crippen LogP contribution in [0.2, 0.25) is 0 Å². The first-order valence-corrected chi connectivity index (χ1v) is 8.98. The van der Waals surface area contributed by atoms with Gasteiger partial charge in [-0.25, -0.2) is 4.79 Å². The standard InChI is InChI=1S/C20H27NO5/c1-26-14-2-3-18(22)10-8-17-9-11-19(23)21(17)13-12-15-4-6-16(7-5-15)20(24)25/h4-8,10,17-18,22H,2-3,9,11-14H2,1H3,(H,24,25)/b10-8+/t17-,18-/m0/s1. The lowest BCUT2D eigenvalue weighted by atomic mass is 10.1. The molecule has 0 bridgehead atoms. The van der Waals surface area contributed by atoms with Crippen LogP contribution in [0.3, 0.4) is 0 Å². The van der Waals surface area contributed by atoms with E-state index in [9.17, 15) is 14.7 Å². The highest BCUT2D eigenvalue weighted by atomic mass is 16.5. The molecule has 6 nitrogen and oxygen atoms in total. The Morgan fingerprint density at radius 3 is 2.77 bits per heavy atom. The molecule has 0 radical (unpaired) electrons. The van der Waals surface area contributed by atoms with Crippen LogP contribution in [0.15, 0.2) is 36.4 Å².